The molecular formula is C24H16F6N4O3S. The van der Waals surface area contributed by atoms with Crippen LogP contribution >= 0.6 is 11.8 Å². The monoisotopic (exact) mass is 554 g/mol. The third-order valence-electron chi connectivity index (χ3n) is 6.19. The van der Waals surface area contributed by atoms with Crippen LogP contribution in [0.5, 0.6) is 0 Å². The van der Waals surface area contributed by atoms with E-state index < -0.39 is 47.9 Å². The van der Waals surface area contributed by atoms with Gasteiger partial charge < -0.3 is 10.0 Å². The number of fused-ring (bicyclic) bond motifs is 1. The number of rotatable bonds is 4. The zero-order valence-electron chi connectivity index (χ0n) is 19.0. The number of hydrogen-bond acceptors (Lipinski definition) is 5. The maximum Gasteiger partial charge on any atom is 0.416 e. The van der Waals surface area contributed by atoms with E-state index in [-0.39, 0.29) is 16.5 Å². The molecule has 1 saturated heterocycles. The highest BCUT2D eigenvalue weighted by Gasteiger charge is 2.40. The lowest BCUT2D eigenvalue weighted by molar-refractivity contribution is -0.145. The first-order valence-electron chi connectivity index (χ1n) is 11.1. The smallest absolute Gasteiger partial charge is 0.416 e. The Bertz CT molecular complexity index is 1530. The molecule has 1 N–H and O–H groups in total. The first kappa shape index (κ1) is 25.8. The first-order valence-corrected chi connectivity index (χ1v) is 11.9. The van der Waals surface area contributed by atoms with E-state index in [2.05, 4.69) is 10.1 Å². The molecule has 0 saturated carbocycles. The highest BCUT2D eigenvalue weighted by molar-refractivity contribution is 8.18. The van der Waals surface area contributed by atoms with Crippen molar-refractivity contribution in [3.8, 4) is 0 Å². The van der Waals surface area contributed by atoms with Gasteiger partial charge in [0.25, 0.3) is 5.91 Å². The molecule has 0 spiro atoms. The van der Waals surface area contributed by atoms with Gasteiger partial charge in [-0.1, -0.05) is 12.1 Å². The van der Waals surface area contributed by atoms with Crippen LogP contribution in [0.4, 0.5) is 26.3 Å². The van der Waals surface area contributed by atoms with Crippen LogP contribution in [0.2, 0.25) is 0 Å². The Balaban J connectivity index is 1.38. The van der Waals surface area contributed by atoms with Crippen molar-refractivity contribution in [3.05, 3.63) is 69.8 Å². The second kappa shape index (κ2) is 9.19. The van der Waals surface area contributed by atoms with Gasteiger partial charge in [0.05, 0.1) is 34.3 Å². The minimum atomic E-state index is -4.99. The molecular weight excluding hydrogens is 538 g/mol. The Labute approximate surface area is 214 Å². The lowest BCUT2D eigenvalue weighted by Crippen LogP contribution is -2.54. The van der Waals surface area contributed by atoms with E-state index in [0.717, 1.165) is 17.8 Å². The number of aromatic nitrogens is 2. The van der Waals surface area contributed by atoms with E-state index in [0.29, 0.717) is 40.7 Å². The summed E-state index contributed by atoms with van der Waals surface area (Å²) in [5.74, 6) is -1.51. The van der Waals surface area contributed by atoms with Gasteiger partial charge in [0.2, 0.25) is 0 Å². The molecule has 1 aromatic heterocycles. The lowest BCUT2D eigenvalue weighted by Gasteiger charge is -2.38. The maximum absolute atomic E-state index is 13.5. The van der Waals surface area contributed by atoms with Gasteiger partial charge in [0.1, 0.15) is 6.04 Å². The number of carboxylic acids is 1. The van der Waals surface area contributed by atoms with E-state index in [1.807, 2.05) is 0 Å². The van der Waals surface area contributed by atoms with E-state index >= 15 is 0 Å². The van der Waals surface area contributed by atoms with Crippen LogP contribution in [0.25, 0.3) is 17.0 Å². The number of carbonyl (C=O) groups is 2. The quantitative estimate of drug-likeness (QED) is 0.350. The SMILES string of the molecule is O=C1N=C(N2CC[C@H]2C(=O)O)S/C1=C\c1ccc2c(cnn2Cc2ccc(C(F)(F)F)cc2C(F)(F)F)c1. The molecule has 0 aliphatic carbocycles. The van der Waals surface area contributed by atoms with E-state index in [1.54, 1.807) is 24.3 Å². The molecule has 0 radical (unpaired) electrons. The number of amides is 1. The molecule has 5 rings (SSSR count). The number of carboxylic acid groups (broad SMARTS) is 1. The summed E-state index contributed by atoms with van der Waals surface area (Å²) >= 11 is 1.05. The number of nitrogens with zero attached hydrogens (tertiary/aromatic N) is 4. The molecule has 2 aromatic carbocycles. The molecule has 1 atom stereocenters. The Morgan fingerprint density at radius 1 is 1.11 bits per heavy atom. The van der Waals surface area contributed by atoms with Crippen molar-refractivity contribution in [2.45, 2.75) is 31.4 Å². The van der Waals surface area contributed by atoms with E-state index in [9.17, 15) is 41.0 Å². The number of aliphatic carboxylic acids is 1. The summed E-state index contributed by atoms with van der Waals surface area (Å²) in [5.41, 5.74) is -2.14. The predicted octanol–water partition coefficient (Wildman–Crippen LogP) is 5.25. The summed E-state index contributed by atoms with van der Waals surface area (Å²) in [6.45, 7) is 0.0620. The summed E-state index contributed by atoms with van der Waals surface area (Å²) in [6, 6.07) is 5.61. The number of alkyl halides is 6. The van der Waals surface area contributed by atoms with E-state index in [4.69, 9.17) is 0 Å². The zero-order chi connectivity index (χ0) is 27.4. The normalized spacial score (nSPS) is 19.3. The van der Waals surface area contributed by atoms with E-state index in [1.165, 1.54) is 15.8 Å². The fourth-order valence-corrected chi connectivity index (χ4v) is 5.17. The summed E-state index contributed by atoms with van der Waals surface area (Å²) in [7, 11) is 0. The Morgan fingerprint density at radius 3 is 2.50 bits per heavy atom. The summed E-state index contributed by atoms with van der Waals surface area (Å²) in [4.78, 5) is 29.4. The third-order valence-corrected chi connectivity index (χ3v) is 7.21. The Morgan fingerprint density at radius 2 is 1.87 bits per heavy atom. The van der Waals surface area contributed by atoms with Crippen molar-refractivity contribution in [1.82, 2.24) is 14.7 Å². The van der Waals surface area contributed by atoms with Gasteiger partial charge in [-0.2, -0.15) is 36.4 Å². The topological polar surface area (TPSA) is 87.8 Å². The number of aliphatic imine (C=N–C) groups is 1. The molecule has 1 fully saturated rings. The van der Waals surface area contributed by atoms with Gasteiger partial charge in [-0.15, -0.1) is 0 Å². The van der Waals surface area contributed by atoms with Gasteiger partial charge in [-0.3, -0.25) is 9.48 Å². The average Bonchev–Trinajstić information content (AvgIpc) is 3.34. The van der Waals surface area contributed by atoms with Crippen LogP contribution in [0.3, 0.4) is 0 Å². The molecule has 1 amide bonds. The molecule has 198 valence electrons. The van der Waals surface area contributed by atoms with Crippen LogP contribution in [0.15, 0.2) is 52.5 Å². The van der Waals surface area contributed by atoms with Gasteiger partial charge in [-0.05, 0) is 59.7 Å². The van der Waals surface area contributed by atoms with Crippen LogP contribution in [-0.4, -0.2) is 49.4 Å². The Kier molecular flexibility index (Phi) is 6.24. The van der Waals surface area contributed by atoms with Gasteiger partial charge in [0, 0.05) is 11.9 Å². The van der Waals surface area contributed by atoms with Crippen molar-refractivity contribution in [1.29, 1.82) is 0 Å². The number of thioether (sulfide) groups is 1. The fourth-order valence-electron chi connectivity index (χ4n) is 4.18. The second-order valence-electron chi connectivity index (χ2n) is 8.63. The lowest BCUT2D eigenvalue weighted by atomic mass is 10.0. The molecule has 3 heterocycles. The molecule has 0 unspecified atom stereocenters. The molecule has 14 heteroatoms. The van der Waals surface area contributed by atoms with Gasteiger partial charge in [0.15, 0.2) is 5.17 Å². The van der Waals surface area contributed by atoms with Crippen LogP contribution in [0, 0.1) is 0 Å². The molecule has 2 aliphatic heterocycles. The largest absolute Gasteiger partial charge is 0.480 e. The molecule has 38 heavy (non-hydrogen) atoms. The van der Waals surface area contributed by atoms with Crippen LogP contribution in [0.1, 0.15) is 28.7 Å². The van der Waals surface area contributed by atoms with Crippen molar-refractivity contribution in [3.63, 3.8) is 0 Å². The minimum Gasteiger partial charge on any atom is -0.480 e. The highest BCUT2D eigenvalue weighted by Crippen LogP contribution is 2.38. The number of halogens is 6. The summed E-state index contributed by atoms with van der Waals surface area (Å²) in [6.07, 6.45) is -6.49. The number of amidine groups is 1. The van der Waals surface area contributed by atoms with Crippen LogP contribution in [-0.2, 0) is 28.5 Å². The van der Waals surface area contributed by atoms with Crippen LogP contribution < -0.4 is 0 Å². The first-order chi connectivity index (χ1) is 17.8. The summed E-state index contributed by atoms with van der Waals surface area (Å²) < 4.78 is 80.7. The van der Waals surface area contributed by atoms with Crippen molar-refractivity contribution < 1.29 is 41.0 Å². The zero-order valence-corrected chi connectivity index (χ0v) is 19.9. The number of hydrogen-bond donors (Lipinski definition) is 1. The number of likely N-dealkylation sites (tertiary alicyclic amines) is 1. The summed E-state index contributed by atoms with van der Waals surface area (Å²) in [5, 5.41) is 14.2. The van der Waals surface area contributed by atoms with Crippen molar-refractivity contribution in [2.24, 2.45) is 4.99 Å². The standard InChI is InChI=1S/C24H16F6N4O3S/c25-23(26,27)15-3-2-13(16(9-15)24(28,29)30)11-34-17-4-1-12(7-14(17)10-31-34)8-19-20(35)32-22(38-19)33-6-5-18(33)21(36)37/h1-4,7-10,18H,5-6,11H2,(H,36,37)/b19-8-/t18-/m0/s1. The van der Waals surface area contributed by atoms with Gasteiger partial charge >= 0.3 is 18.3 Å². The van der Waals surface area contributed by atoms with Crippen molar-refractivity contribution >= 4 is 45.8 Å². The number of benzene rings is 2. The highest BCUT2D eigenvalue weighted by atomic mass is 32.2. The maximum atomic E-state index is 13.5. The Hall–Kier alpha value is -3.81. The fraction of sp³-hybridized carbons (Fsp3) is 0.250. The predicted molar refractivity (Wildman–Crippen MR) is 126 cm³/mol. The molecule has 2 aliphatic rings. The average molecular weight is 554 g/mol. The van der Waals surface area contributed by atoms with Gasteiger partial charge in [-0.25, -0.2) is 4.79 Å². The molecule has 3 aromatic rings. The third kappa shape index (κ3) is 4.87. The molecule has 7 nitrogen and oxygen atoms in total. The van der Waals surface area contributed by atoms with Crippen molar-refractivity contribution in [2.75, 3.05) is 6.54 Å². The minimum absolute atomic E-state index is 0.0940. The second-order valence-corrected chi connectivity index (χ2v) is 9.64. The number of carbonyl (C=O) groups excluding carboxylic acids is 1. The molecule has 0 bridgehead atoms.